The Kier molecular flexibility index (Phi) is 7.02. The third kappa shape index (κ3) is 5.51. The summed E-state index contributed by atoms with van der Waals surface area (Å²) in [5.74, 6) is 0.342. The summed E-state index contributed by atoms with van der Waals surface area (Å²) in [5, 5.41) is 2.61. The maximum absolute atomic E-state index is 12.5. The van der Waals surface area contributed by atoms with E-state index in [2.05, 4.69) is 5.32 Å². The fourth-order valence-corrected chi connectivity index (χ4v) is 2.28. The Labute approximate surface area is 153 Å². The number of nitrogens with one attached hydrogen (secondary N) is 1. The lowest BCUT2D eigenvalue weighted by Gasteiger charge is -2.20. The molecule has 1 N–H and O–H groups in total. The van der Waals surface area contributed by atoms with Crippen LogP contribution < -0.4 is 15.0 Å². The highest BCUT2D eigenvalue weighted by atomic mass is 16.6. The number of rotatable bonds is 6. The van der Waals surface area contributed by atoms with E-state index in [4.69, 9.17) is 9.47 Å². The lowest BCUT2D eigenvalue weighted by Crippen LogP contribution is -2.33. The van der Waals surface area contributed by atoms with Crippen LogP contribution in [0.25, 0.3) is 0 Å². The fraction of sp³-hybridized carbons (Fsp3) is 0.300. The Bertz CT molecular complexity index is 744. The van der Waals surface area contributed by atoms with E-state index in [1.807, 2.05) is 45.0 Å². The smallest absolute Gasteiger partial charge is 0.419 e. The van der Waals surface area contributed by atoms with E-state index in [0.717, 1.165) is 17.7 Å². The molecule has 0 spiro atoms. The van der Waals surface area contributed by atoms with Gasteiger partial charge in [0.15, 0.2) is 0 Å². The third-order valence-corrected chi connectivity index (χ3v) is 3.61. The average molecular weight is 356 g/mol. The minimum Gasteiger partial charge on any atom is -0.449 e. The van der Waals surface area contributed by atoms with Crippen LogP contribution in [-0.2, 0) is 4.74 Å². The second kappa shape index (κ2) is 9.46. The second-order valence-corrected chi connectivity index (χ2v) is 5.74. The summed E-state index contributed by atoms with van der Waals surface area (Å²) in [7, 11) is 0. The van der Waals surface area contributed by atoms with Crippen molar-refractivity contribution in [3.05, 3.63) is 54.1 Å². The predicted octanol–water partition coefficient (Wildman–Crippen LogP) is 4.98. The van der Waals surface area contributed by atoms with Gasteiger partial charge in [-0.15, -0.1) is 0 Å². The Morgan fingerprint density at radius 1 is 1.08 bits per heavy atom. The number of aryl methyl sites for hydroxylation is 1. The summed E-state index contributed by atoms with van der Waals surface area (Å²) in [6.07, 6.45) is -0.274. The number of ether oxygens (including phenoxy) is 2. The van der Waals surface area contributed by atoms with Crippen LogP contribution in [0.4, 0.5) is 21.0 Å². The van der Waals surface area contributed by atoms with Gasteiger partial charge in [0.1, 0.15) is 5.75 Å². The summed E-state index contributed by atoms with van der Waals surface area (Å²) < 4.78 is 10.4. The lowest BCUT2D eigenvalue weighted by atomic mass is 10.2. The SMILES string of the molecule is CCCOC(=O)Nc1cccc(OC(=O)N(CC)c2ccc(C)cc2)c1. The molecule has 138 valence electrons. The molecule has 0 aliphatic heterocycles. The van der Waals surface area contributed by atoms with Gasteiger partial charge in [0.2, 0.25) is 0 Å². The monoisotopic (exact) mass is 356 g/mol. The topological polar surface area (TPSA) is 67.9 Å². The van der Waals surface area contributed by atoms with E-state index >= 15 is 0 Å². The van der Waals surface area contributed by atoms with Crippen molar-refractivity contribution in [1.29, 1.82) is 0 Å². The highest BCUT2D eigenvalue weighted by Gasteiger charge is 2.16. The molecule has 0 bridgehead atoms. The van der Waals surface area contributed by atoms with Crippen LogP contribution >= 0.6 is 0 Å². The fourth-order valence-electron chi connectivity index (χ4n) is 2.28. The van der Waals surface area contributed by atoms with Crippen molar-refractivity contribution in [3.63, 3.8) is 0 Å². The first-order chi connectivity index (χ1) is 12.5. The molecule has 0 aromatic heterocycles. The maximum Gasteiger partial charge on any atom is 0.419 e. The molecule has 2 amide bonds. The van der Waals surface area contributed by atoms with Crippen LogP contribution in [0.2, 0.25) is 0 Å². The van der Waals surface area contributed by atoms with E-state index in [0.29, 0.717) is 24.6 Å². The third-order valence-electron chi connectivity index (χ3n) is 3.61. The number of carbonyl (C=O) groups excluding carboxylic acids is 2. The van der Waals surface area contributed by atoms with Crippen molar-refractivity contribution < 1.29 is 19.1 Å². The first kappa shape index (κ1) is 19.3. The van der Waals surface area contributed by atoms with Gasteiger partial charge >= 0.3 is 12.2 Å². The molecule has 6 nitrogen and oxygen atoms in total. The van der Waals surface area contributed by atoms with Crippen LogP contribution in [0.3, 0.4) is 0 Å². The predicted molar refractivity (Wildman–Crippen MR) is 102 cm³/mol. The van der Waals surface area contributed by atoms with Crippen molar-refractivity contribution in [2.75, 3.05) is 23.4 Å². The molecule has 6 heteroatoms. The molecule has 0 atom stereocenters. The zero-order chi connectivity index (χ0) is 18.9. The van der Waals surface area contributed by atoms with Crippen molar-refractivity contribution in [2.24, 2.45) is 0 Å². The number of amides is 2. The van der Waals surface area contributed by atoms with E-state index in [9.17, 15) is 9.59 Å². The Balaban J connectivity index is 2.04. The van der Waals surface area contributed by atoms with Gasteiger partial charge in [0.25, 0.3) is 0 Å². The zero-order valence-electron chi connectivity index (χ0n) is 15.3. The minimum absolute atomic E-state index is 0.342. The molecule has 2 aromatic carbocycles. The highest BCUT2D eigenvalue weighted by molar-refractivity contribution is 5.89. The summed E-state index contributed by atoms with van der Waals surface area (Å²) in [6.45, 7) is 6.61. The van der Waals surface area contributed by atoms with Gasteiger partial charge in [-0.25, -0.2) is 9.59 Å². The van der Waals surface area contributed by atoms with Crippen LogP contribution in [0.1, 0.15) is 25.8 Å². The van der Waals surface area contributed by atoms with Gasteiger partial charge in [-0.3, -0.25) is 10.2 Å². The van der Waals surface area contributed by atoms with Gasteiger partial charge in [0, 0.05) is 24.0 Å². The van der Waals surface area contributed by atoms with Crippen molar-refractivity contribution in [3.8, 4) is 5.75 Å². The van der Waals surface area contributed by atoms with E-state index in [1.54, 1.807) is 24.3 Å². The Hall–Kier alpha value is -3.02. The average Bonchev–Trinajstić information content (AvgIpc) is 2.62. The van der Waals surface area contributed by atoms with Crippen molar-refractivity contribution in [2.45, 2.75) is 27.2 Å². The Morgan fingerprint density at radius 3 is 2.46 bits per heavy atom. The molecule has 0 fully saturated rings. The first-order valence-electron chi connectivity index (χ1n) is 8.63. The van der Waals surface area contributed by atoms with E-state index < -0.39 is 12.2 Å². The summed E-state index contributed by atoms with van der Waals surface area (Å²) in [5.41, 5.74) is 2.38. The molecule has 2 aromatic rings. The van der Waals surface area contributed by atoms with Gasteiger partial charge < -0.3 is 9.47 Å². The van der Waals surface area contributed by atoms with Gasteiger partial charge in [0.05, 0.1) is 6.61 Å². The minimum atomic E-state index is -0.537. The van der Waals surface area contributed by atoms with Crippen LogP contribution in [0.15, 0.2) is 48.5 Å². The maximum atomic E-state index is 12.5. The number of carbonyl (C=O) groups is 2. The molecule has 0 unspecified atom stereocenters. The van der Waals surface area contributed by atoms with Crippen LogP contribution in [-0.4, -0.2) is 25.3 Å². The molecular weight excluding hydrogens is 332 g/mol. The first-order valence-corrected chi connectivity index (χ1v) is 8.63. The number of benzene rings is 2. The quantitative estimate of drug-likeness (QED) is 0.793. The van der Waals surface area contributed by atoms with E-state index in [-0.39, 0.29) is 0 Å². The lowest BCUT2D eigenvalue weighted by molar-refractivity contribution is 0.161. The second-order valence-electron chi connectivity index (χ2n) is 5.74. The normalized spacial score (nSPS) is 10.1. The molecule has 0 aliphatic carbocycles. The largest absolute Gasteiger partial charge is 0.449 e. The van der Waals surface area contributed by atoms with Crippen molar-refractivity contribution >= 4 is 23.6 Å². The van der Waals surface area contributed by atoms with E-state index in [1.165, 1.54) is 4.90 Å². The number of anilines is 2. The van der Waals surface area contributed by atoms with Gasteiger partial charge in [-0.05, 0) is 44.5 Å². The number of hydrogen-bond donors (Lipinski definition) is 1. The summed E-state index contributed by atoms with van der Waals surface area (Å²) in [4.78, 5) is 25.7. The van der Waals surface area contributed by atoms with Crippen LogP contribution in [0.5, 0.6) is 5.75 Å². The molecule has 2 rings (SSSR count). The van der Waals surface area contributed by atoms with Gasteiger partial charge in [-0.2, -0.15) is 0 Å². The van der Waals surface area contributed by atoms with Gasteiger partial charge in [-0.1, -0.05) is 30.7 Å². The number of hydrogen-bond acceptors (Lipinski definition) is 4. The molecular formula is C20H24N2O4. The molecule has 0 heterocycles. The Morgan fingerprint density at radius 2 is 1.81 bits per heavy atom. The zero-order valence-corrected chi connectivity index (χ0v) is 15.3. The highest BCUT2D eigenvalue weighted by Crippen LogP contribution is 2.21. The molecule has 0 aliphatic rings. The molecule has 0 saturated carbocycles. The molecule has 0 radical (unpaired) electrons. The molecule has 26 heavy (non-hydrogen) atoms. The van der Waals surface area contributed by atoms with Crippen LogP contribution in [0, 0.1) is 6.92 Å². The van der Waals surface area contributed by atoms with Crippen molar-refractivity contribution in [1.82, 2.24) is 0 Å². The summed E-state index contributed by atoms with van der Waals surface area (Å²) in [6, 6.07) is 14.3. The summed E-state index contributed by atoms with van der Waals surface area (Å²) >= 11 is 0. The molecule has 0 saturated heterocycles. The number of nitrogens with zero attached hydrogens (tertiary/aromatic N) is 1. The standard InChI is InChI=1S/C20H24N2O4/c1-4-13-25-19(23)21-16-7-6-8-18(14-16)26-20(24)22(5-2)17-11-9-15(3)10-12-17/h6-12,14H,4-5,13H2,1-3H3,(H,21,23).